The summed E-state index contributed by atoms with van der Waals surface area (Å²) in [6.07, 6.45) is 1.54. The van der Waals surface area contributed by atoms with Crippen LogP contribution in [0.1, 0.15) is 10.4 Å². The second-order valence-electron chi connectivity index (χ2n) is 4.55. The molecule has 0 fully saturated rings. The lowest BCUT2D eigenvalue weighted by atomic mass is 10.2. The molecule has 116 valence electrons. The summed E-state index contributed by atoms with van der Waals surface area (Å²) in [5.41, 5.74) is 7.31. The molecule has 0 atom stereocenters. The maximum absolute atomic E-state index is 10.8. The van der Waals surface area contributed by atoms with E-state index < -0.39 is 5.97 Å². The Morgan fingerprint density at radius 2 is 2.00 bits per heavy atom. The highest BCUT2D eigenvalue weighted by atomic mass is 35.5. The average Bonchev–Trinajstić information content (AvgIpc) is 2.88. The van der Waals surface area contributed by atoms with Crippen molar-refractivity contribution in [3.63, 3.8) is 0 Å². The van der Waals surface area contributed by atoms with Crippen LogP contribution >= 0.6 is 11.6 Å². The summed E-state index contributed by atoms with van der Waals surface area (Å²) in [7, 11) is 0. The molecule has 0 saturated heterocycles. The molecule has 0 aliphatic heterocycles. The molecule has 0 aliphatic rings. The Morgan fingerprint density at radius 3 is 2.65 bits per heavy atom. The van der Waals surface area contributed by atoms with Gasteiger partial charge in [-0.2, -0.15) is 9.67 Å². The summed E-state index contributed by atoms with van der Waals surface area (Å²) in [5, 5.41) is 16.4. The van der Waals surface area contributed by atoms with E-state index in [9.17, 15) is 4.79 Å². The zero-order chi connectivity index (χ0) is 16.4. The lowest BCUT2D eigenvalue weighted by molar-refractivity contribution is 0.0697. The molecule has 0 bridgehead atoms. The SMILES string of the molecule is Nc1nc(Nc2ccc(C(=O)O)cc2)nn1-c1ccnc(Cl)c1. The summed E-state index contributed by atoms with van der Waals surface area (Å²) < 4.78 is 1.42. The minimum atomic E-state index is -0.988. The highest BCUT2D eigenvalue weighted by molar-refractivity contribution is 6.29. The average molecular weight is 331 g/mol. The smallest absolute Gasteiger partial charge is 0.335 e. The molecule has 4 N–H and O–H groups in total. The maximum Gasteiger partial charge on any atom is 0.335 e. The Hall–Kier alpha value is -3.13. The van der Waals surface area contributed by atoms with Crippen molar-refractivity contribution in [2.75, 3.05) is 11.1 Å². The molecule has 0 saturated carbocycles. The molecule has 2 aromatic heterocycles. The Kier molecular flexibility index (Phi) is 3.82. The zero-order valence-electron chi connectivity index (χ0n) is 11.6. The number of anilines is 3. The third-order valence-corrected chi connectivity index (χ3v) is 3.18. The molecule has 3 aromatic rings. The fraction of sp³-hybridized carbons (Fsp3) is 0. The second-order valence-corrected chi connectivity index (χ2v) is 4.94. The number of nitrogens with one attached hydrogen (secondary N) is 1. The van der Waals surface area contributed by atoms with Crippen molar-refractivity contribution in [3.8, 4) is 5.69 Å². The van der Waals surface area contributed by atoms with Gasteiger partial charge in [-0.05, 0) is 30.3 Å². The number of rotatable bonds is 4. The molecule has 0 amide bonds. The minimum absolute atomic E-state index is 0.178. The molecular formula is C14H11ClN6O2. The van der Waals surface area contributed by atoms with Crippen LogP contribution < -0.4 is 11.1 Å². The van der Waals surface area contributed by atoms with E-state index in [1.54, 1.807) is 24.3 Å². The van der Waals surface area contributed by atoms with Gasteiger partial charge >= 0.3 is 5.97 Å². The lowest BCUT2D eigenvalue weighted by Gasteiger charge is -2.03. The van der Waals surface area contributed by atoms with Crippen LogP contribution in [0, 0.1) is 0 Å². The molecule has 0 unspecified atom stereocenters. The van der Waals surface area contributed by atoms with Gasteiger partial charge in [0.05, 0.1) is 11.3 Å². The molecule has 1 aromatic carbocycles. The first kappa shape index (κ1) is 14.8. The number of hydrogen-bond acceptors (Lipinski definition) is 6. The van der Waals surface area contributed by atoms with Crippen molar-refractivity contribution in [1.82, 2.24) is 19.7 Å². The third-order valence-electron chi connectivity index (χ3n) is 2.97. The normalized spacial score (nSPS) is 10.5. The van der Waals surface area contributed by atoms with E-state index >= 15 is 0 Å². The molecule has 3 rings (SSSR count). The Morgan fingerprint density at radius 1 is 1.26 bits per heavy atom. The van der Waals surface area contributed by atoms with Gasteiger partial charge in [0.1, 0.15) is 5.15 Å². The monoisotopic (exact) mass is 330 g/mol. The minimum Gasteiger partial charge on any atom is -0.478 e. The number of nitrogens with zero attached hydrogens (tertiary/aromatic N) is 4. The summed E-state index contributed by atoms with van der Waals surface area (Å²) >= 11 is 5.85. The first-order valence-corrected chi connectivity index (χ1v) is 6.85. The number of benzene rings is 1. The molecular weight excluding hydrogens is 320 g/mol. The fourth-order valence-corrected chi connectivity index (χ4v) is 2.08. The van der Waals surface area contributed by atoms with E-state index in [0.717, 1.165) is 0 Å². The number of carboxylic acids is 1. The maximum atomic E-state index is 10.8. The molecule has 0 aliphatic carbocycles. The van der Waals surface area contributed by atoms with Crippen LogP contribution in [-0.4, -0.2) is 30.8 Å². The van der Waals surface area contributed by atoms with Crippen molar-refractivity contribution in [3.05, 3.63) is 53.3 Å². The highest BCUT2D eigenvalue weighted by Gasteiger charge is 2.10. The van der Waals surface area contributed by atoms with Crippen LogP contribution in [0.3, 0.4) is 0 Å². The van der Waals surface area contributed by atoms with E-state index in [1.165, 1.54) is 23.0 Å². The number of hydrogen-bond donors (Lipinski definition) is 3. The molecule has 9 heteroatoms. The Balaban J connectivity index is 1.85. The van der Waals surface area contributed by atoms with Crippen LogP contribution in [0.4, 0.5) is 17.6 Å². The van der Waals surface area contributed by atoms with E-state index in [4.69, 9.17) is 22.4 Å². The summed E-state index contributed by atoms with van der Waals surface area (Å²) in [5.74, 6) is -0.534. The quantitative estimate of drug-likeness (QED) is 0.628. The predicted octanol–water partition coefficient (Wildman–Crippen LogP) is 2.34. The van der Waals surface area contributed by atoms with Gasteiger partial charge in [0, 0.05) is 18.0 Å². The van der Waals surface area contributed by atoms with Gasteiger partial charge in [0.25, 0.3) is 0 Å². The summed E-state index contributed by atoms with van der Waals surface area (Å²) in [6.45, 7) is 0. The zero-order valence-corrected chi connectivity index (χ0v) is 12.4. The van der Waals surface area contributed by atoms with Gasteiger partial charge in [0.2, 0.25) is 11.9 Å². The number of pyridine rings is 1. The van der Waals surface area contributed by atoms with Crippen molar-refractivity contribution in [1.29, 1.82) is 0 Å². The fourth-order valence-electron chi connectivity index (χ4n) is 1.92. The van der Waals surface area contributed by atoms with Gasteiger partial charge in [-0.25, -0.2) is 9.78 Å². The van der Waals surface area contributed by atoms with Crippen LogP contribution in [0.5, 0.6) is 0 Å². The summed E-state index contributed by atoms with van der Waals surface area (Å²) in [4.78, 5) is 18.8. The highest BCUT2D eigenvalue weighted by Crippen LogP contribution is 2.19. The molecule has 0 spiro atoms. The number of carboxylic acid groups (broad SMARTS) is 1. The standard InChI is InChI=1S/C14H11ClN6O2/c15-11-7-10(5-6-17-11)21-13(16)19-14(20-21)18-9-3-1-8(2-4-9)12(22)23/h1-7H,(H,22,23)(H3,16,18,19,20). The number of nitrogen functional groups attached to an aromatic ring is 1. The molecule has 8 nitrogen and oxygen atoms in total. The van der Waals surface area contributed by atoms with Crippen LogP contribution in [-0.2, 0) is 0 Å². The van der Waals surface area contributed by atoms with Crippen LogP contribution in [0.25, 0.3) is 5.69 Å². The van der Waals surface area contributed by atoms with E-state index in [-0.39, 0.29) is 17.5 Å². The van der Waals surface area contributed by atoms with E-state index in [2.05, 4.69) is 20.4 Å². The van der Waals surface area contributed by atoms with Gasteiger partial charge in [0.15, 0.2) is 0 Å². The lowest BCUT2D eigenvalue weighted by Crippen LogP contribution is -2.02. The third kappa shape index (κ3) is 3.22. The number of aromatic carboxylic acids is 1. The van der Waals surface area contributed by atoms with E-state index in [1.807, 2.05) is 0 Å². The van der Waals surface area contributed by atoms with Crippen molar-refractivity contribution in [2.24, 2.45) is 0 Å². The van der Waals surface area contributed by atoms with Gasteiger partial charge in [-0.3, -0.25) is 0 Å². The number of aromatic nitrogens is 4. The van der Waals surface area contributed by atoms with E-state index in [0.29, 0.717) is 16.5 Å². The topological polar surface area (TPSA) is 119 Å². The largest absolute Gasteiger partial charge is 0.478 e. The van der Waals surface area contributed by atoms with Crippen LogP contribution in [0.15, 0.2) is 42.6 Å². The first-order valence-electron chi connectivity index (χ1n) is 6.48. The summed E-state index contributed by atoms with van der Waals surface area (Å²) in [6, 6.07) is 9.50. The van der Waals surface area contributed by atoms with Crippen molar-refractivity contribution < 1.29 is 9.90 Å². The Labute approximate surface area is 135 Å². The van der Waals surface area contributed by atoms with Crippen molar-refractivity contribution >= 4 is 35.2 Å². The van der Waals surface area contributed by atoms with Gasteiger partial charge in [-0.1, -0.05) is 11.6 Å². The Bertz CT molecular complexity index is 862. The second kappa shape index (κ2) is 5.93. The molecule has 0 radical (unpaired) electrons. The predicted molar refractivity (Wildman–Crippen MR) is 85.3 cm³/mol. The molecule has 2 heterocycles. The van der Waals surface area contributed by atoms with Gasteiger partial charge < -0.3 is 16.2 Å². The first-order chi connectivity index (χ1) is 11.0. The van der Waals surface area contributed by atoms with Crippen LogP contribution in [0.2, 0.25) is 5.15 Å². The number of halogens is 1. The number of carbonyl (C=O) groups is 1. The molecule has 23 heavy (non-hydrogen) atoms. The number of nitrogens with two attached hydrogens (primary N) is 1. The van der Waals surface area contributed by atoms with Gasteiger partial charge in [-0.15, -0.1) is 5.10 Å². The van der Waals surface area contributed by atoms with Crippen molar-refractivity contribution in [2.45, 2.75) is 0 Å².